The molecular formula is C18H24FN5O3S. The summed E-state index contributed by atoms with van der Waals surface area (Å²) in [7, 11) is -1.97. The minimum absolute atomic E-state index is 0.102. The van der Waals surface area contributed by atoms with Crippen LogP contribution in [-0.4, -0.2) is 51.9 Å². The summed E-state index contributed by atoms with van der Waals surface area (Å²) in [6.07, 6.45) is 3.87. The predicted octanol–water partition coefficient (Wildman–Crippen LogP) is 2.45. The van der Waals surface area contributed by atoms with E-state index in [1.165, 1.54) is 29.2 Å². The lowest BCUT2D eigenvalue weighted by Gasteiger charge is -2.40. The molecule has 10 heteroatoms. The van der Waals surface area contributed by atoms with Crippen molar-refractivity contribution in [2.24, 2.45) is 13.0 Å². The number of piperidine rings is 1. The van der Waals surface area contributed by atoms with Crippen molar-refractivity contribution in [3.05, 3.63) is 36.5 Å². The molecule has 0 aliphatic carbocycles. The molecule has 2 aromatic heterocycles. The molecule has 1 N–H and O–H groups in total. The van der Waals surface area contributed by atoms with E-state index in [9.17, 15) is 17.6 Å². The first-order valence-corrected chi connectivity index (χ1v) is 10.5. The van der Waals surface area contributed by atoms with Crippen LogP contribution in [0.3, 0.4) is 0 Å². The fourth-order valence-electron chi connectivity index (χ4n) is 3.57. The molecule has 0 spiro atoms. The minimum Gasteiger partial charge on any atom is -0.325 e. The van der Waals surface area contributed by atoms with Crippen LogP contribution in [0.1, 0.15) is 26.7 Å². The van der Waals surface area contributed by atoms with Crippen LogP contribution < -0.4 is 5.32 Å². The molecule has 8 nitrogen and oxygen atoms in total. The Labute approximate surface area is 163 Å². The van der Waals surface area contributed by atoms with Gasteiger partial charge in [-0.3, -0.25) is 4.68 Å². The highest BCUT2D eigenvalue weighted by Crippen LogP contribution is 2.37. The summed E-state index contributed by atoms with van der Waals surface area (Å²) in [5, 5.41) is 6.80. The molecule has 0 radical (unpaired) electrons. The third-order valence-corrected chi connectivity index (χ3v) is 8.16. The first kappa shape index (κ1) is 20.2. The van der Waals surface area contributed by atoms with E-state index in [-0.39, 0.29) is 17.0 Å². The molecule has 3 rings (SSSR count). The summed E-state index contributed by atoms with van der Waals surface area (Å²) < 4.78 is 39.8. The number of likely N-dealkylation sites (tertiary alicyclic amines) is 1. The number of carbonyl (C=O) groups is 1. The Balaban J connectivity index is 1.66. The summed E-state index contributed by atoms with van der Waals surface area (Å²) in [6, 6.07) is 3.83. The highest BCUT2D eigenvalue weighted by atomic mass is 32.2. The molecule has 0 unspecified atom stereocenters. The van der Waals surface area contributed by atoms with Gasteiger partial charge >= 0.3 is 6.03 Å². The Morgan fingerprint density at radius 3 is 2.50 bits per heavy atom. The van der Waals surface area contributed by atoms with E-state index in [4.69, 9.17) is 0 Å². The number of urea groups is 1. The lowest BCUT2D eigenvalue weighted by atomic mass is 9.86. The van der Waals surface area contributed by atoms with Crippen molar-refractivity contribution in [2.45, 2.75) is 36.5 Å². The van der Waals surface area contributed by atoms with Gasteiger partial charge in [-0.15, -0.1) is 0 Å². The topological polar surface area (TPSA) is 97.2 Å². The van der Waals surface area contributed by atoms with Crippen LogP contribution >= 0.6 is 0 Å². The Morgan fingerprint density at radius 2 is 1.93 bits per heavy atom. The second-order valence-electron chi connectivity index (χ2n) is 7.46. The summed E-state index contributed by atoms with van der Waals surface area (Å²) in [5.41, 5.74) is 0.332. The Hall–Kier alpha value is -2.49. The van der Waals surface area contributed by atoms with Gasteiger partial charge in [-0.25, -0.2) is 18.2 Å². The lowest BCUT2D eigenvalue weighted by molar-refractivity contribution is 0.171. The van der Waals surface area contributed by atoms with E-state index in [0.29, 0.717) is 31.6 Å². The van der Waals surface area contributed by atoms with Crippen molar-refractivity contribution in [3.63, 3.8) is 0 Å². The number of carbonyl (C=O) groups excluding carboxylic acids is 1. The van der Waals surface area contributed by atoms with Crippen molar-refractivity contribution in [1.82, 2.24) is 19.7 Å². The number of nitrogens with zero attached hydrogens (tertiary/aromatic N) is 4. The second kappa shape index (κ2) is 7.50. The monoisotopic (exact) mass is 409 g/mol. The number of halogens is 1. The van der Waals surface area contributed by atoms with E-state index in [2.05, 4.69) is 15.4 Å². The van der Waals surface area contributed by atoms with Crippen molar-refractivity contribution in [1.29, 1.82) is 0 Å². The van der Waals surface area contributed by atoms with Crippen LogP contribution in [-0.2, 0) is 16.9 Å². The highest BCUT2D eigenvalue weighted by Gasteiger charge is 2.45. The SMILES string of the molecule is Cn1nccc1S(=O)(=O)C(C)(C)C1CCN(C(=O)Nc2ccnc(F)c2)CC1. The van der Waals surface area contributed by atoms with Crippen LogP contribution in [0.25, 0.3) is 0 Å². The third-order valence-electron chi connectivity index (χ3n) is 5.49. The molecule has 0 atom stereocenters. The molecule has 2 aromatic rings. The van der Waals surface area contributed by atoms with Crippen molar-refractivity contribution >= 4 is 21.6 Å². The van der Waals surface area contributed by atoms with Crippen LogP contribution in [0, 0.1) is 11.9 Å². The first-order chi connectivity index (χ1) is 13.1. The van der Waals surface area contributed by atoms with Crippen molar-refractivity contribution < 1.29 is 17.6 Å². The number of aryl methyl sites for hydroxylation is 1. The zero-order valence-electron chi connectivity index (χ0n) is 16.1. The van der Waals surface area contributed by atoms with E-state index in [0.717, 1.165) is 6.07 Å². The van der Waals surface area contributed by atoms with Gasteiger partial charge in [-0.2, -0.15) is 9.49 Å². The van der Waals surface area contributed by atoms with Crippen molar-refractivity contribution in [3.8, 4) is 0 Å². The Bertz CT molecular complexity index is 965. The largest absolute Gasteiger partial charge is 0.325 e. The van der Waals surface area contributed by atoms with Crippen molar-refractivity contribution in [2.75, 3.05) is 18.4 Å². The average molecular weight is 409 g/mol. The summed E-state index contributed by atoms with van der Waals surface area (Å²) in [6.45, 7) is 4.31. The van der Waals surface area contributed by atoms with Crippen LogP contribution in [0.4, 0.5) is 14.9 Å². The lowest BCUT2D eigenvalue weighted by Crippen LogP contribution is -2.48. The molecule has 152 valence electrons. The minimum atomic E-state index is -3.58. The molecule has 0 aromatic carbocycles. The van der Waals surface area contributed by atoms with Gasteiger partial charge in [0.2, 0.25) is 15.8 Å². The second-order valence-corrected chi connectivity index (χ2v) is 9.94. The molecule has 2 amide bonds. The van der Waals surface area contributed by atoms with E-state index in [1.54, 1.807) is 25.8 Å². The van der Waals surface area contributed by atoms with Gasteiger partial charge in [0.15, 0.2) is 5.03 Å². The molecule has 1 fully saturated rings. The Morgan fingerprint density at radius 1 is 1.25 bits per heavy atom. The normalized spacial score (nSPS) is 16.2. The number of nitrogens with one attached hydrogen (secondary N) is 1. The number of hydrogen-bond acceptors (Lipinski definition) is 5. The smallest absolute Gasteiger partial charge is 0.321 e. The van der Waals surface area contributed by atoms with Gasteiger partial charge in [-0.05, 0) is 44.7 Å². The number of hydrogen-bond donors (Lipinski definition) is 1. The van der Waals surface area contributed by atoms with Gasteiger partial charge in [0.25, 0.3) is 0 Å². The number of amides is 2. The summed E-state index contributed by atoms with van der Waals surface area (Å²) in [4.78, 5) is 17.5. The maximum Gasteiger partial charge on any atom is 0.321 e. The highest BCUT2D eigenvalue weighted by molar-refractivity contribution is 7.92. The van der Waals surface area contributed by atoms with Gasteiger partial charge in [0, 0.05) is 38.1 Å². The maximum atomic E-state index is 13.2. The number of rotatable bonds is 4. The summed E-state index contributed by atoms with van der Waals surface area (Å²) in [5.74, 6) is -0.770. The Kier molecular flexibility index (Phi) is 5.42. The van der Waals surface area contributed by atoms with Crippen LogP contribution in [0.5, 0.6) is 0 Å². The van der Waals surface area contributed by atoms with E-state index in [1.807, 2.05) is 0 Å². The molecule has 0 bridgehead atoms. The molecule has 28 heavy (non-hydrogen) atoms. The first-order valence-electron chi connectivity index (χ1n) is 9.03. The maximum absolute atomic E-state index is 13.2. The number of anilines is 1. The third kappa shape index (κ3) is 3.73. The van der Waals surface area contributed by atoms with Crippen LogP contribution in [0.15, 0.2) is 35.6 Å². The molecule has 3 heterocycles. The molecule has 1 aliphatic rings. The molecule has 1 saturated heterocycles. The fraction of sp³-hybridized carbons (Fsp3) is 0.500. The number of sulfone groups is 1. The van der Waals surface area contributed by atoms with E-state index < -0.39 is 20.5 Å². The molecular weight excluding hydrogens is 385 g/mol. The van der Waals surface area contributed by atoms with E-state index >= 15 is 0 Å². The standard InChI is InChI=1S/C18H24FN5O3S/c1-18(2,28(26,27)16-5-9-21-23(16)3)13-6-10-24(11-7-13)17(25)22-14-4-8-20-15(19)12-14/h4-5,8-9,12-13H,6-7,10-11H2,1-3H3,(H,20,22,25). The molecule has 0 saturated carbocycles. The van der Waals surface area contributed by atoms with Gasteiger partial charge in [-0.1, -0.05) is 0 Å². The average Bonchev–Trinajstić information content (AvgIpc) is 3.08. The number of pyridine rings is 1. The van der Waals surface area contributed by atoms with Crippen LogP contribution in [0.2, 0.25) is 0 Å². The quantitative estimate of drug-likeness (QED) is 0.783. The fourth-order valence-corrected chi connectivity index (χ4v) is 5.42. The zero-order valence-corrected chi connectivity index (χ0v) is 16.9. The predicted molar refractivity (Wildman–Crippen MR) is 102 cm³/mol. The molecule has 1 aliphatic heterocycles. The van der Waals surface area contributed by atoms with Gasteiger partial charge in [0.1, 0.15) is 0 Å². The van der Waals surface area contributed by atoms with Gasteiger partial charge < -0.3 is 10.2 Å². The zero-order chi connectivity index (χ0) is 20.5. The summed E-state index contributed by atoms with van der Waals surface area (Å²) >= 11 is 0. The number of aromatic nitrogens is 3. The van der Waals surface area contributed by atoms with Gasteiger partial charge in [0.05, 0.1) is 10.9 Å².